The summed E-state index contributed by atoms with van der Waals surface area (Å²) in [6.07, 6.45) is 5.45. The van der Waals surface area contributed by atoms with E-state index in [4.69, 9.17) is 10.7 Å². The Kier molecular flexibility index (Phi) is 3.60. The molecule has 0 fully saturated rings. The Balaban J connectivity index is 1.60. The molecular weight excluding hydrogens is 352 g/mol. The van der Waals surface area contributed by atoms with Crippen molar-refractivity contribution >= 4 is 38.0 Å². The minimum Gasteiger partial charge on any atom is -0.399 e. The summed E-state index contributed by atoms with van der Waals surface area (Å²) in [5, 5.41) is 7.75. The fraction of sp³-hybridized carbons (Fsp3) is 0.148. The van der Waals surface area contributed by atoms with Crippen LogP contribution in [0.3, 0.4) is 0 Å². The molecule has 1 aliphatic rings. The molecule has 0 radical (unpaired) electrons. The van der Waals surface area contributed by atoms with Crippen LogP contribution < -0.4 is 5.73 Å². The lowest BCUT2D eigenvalue weighted by Gasteiger charge is -2.27. The van der Waals surface area contributed by atoms with E-state index in [9.17, 15) is 0 Å². The predicted octanol–water partition coefficient (Wildman–Crippen LogP) is 6.59. The molecule has 1 aromatic heterocycles. The lowest BCUT2D eigenvalue weighted by atomic mass is 9.77. The van der Waals surface area contributed by atoms with Gasteiger partial charge in [0, 0.05) is 23.2 Å². The number of aryl methyl sites for hydroxylation is 1. The lowest BCUT2D eigenvalue weighted by Crippen LogP contribution is -2.13. The van der Waals surface area contributed by atoms with Gasteiger partial charge in [0.05, 0.1) is 5.69 Å². The highest BCUT2D eigenvalue weighted by Gasteiger charge is 2.25. The second-order valence-corrected chi connectivity index (χ2v) is 8.14. The van der Waals surface area contributed by atoms with Gasteiger partial charge in [-0.05, 0) is 75.5 Å². The van der Waals surface area contributed by atoms with Gasteiger partial charge in [-0.15, -0.1) is 0 Å². The van der Waals surface area contributed by atoms with Crippen LogP contribution in [0.1, 0.15) is 35.6 Å². The van der Waals surface area contributed by atoms with Gasteiger partial charge < -0.3 is 5.73 Å². The van der Waals surface area contributed by atoms with Gasteiger partial charge in [0.1, 0.15) is 0 Å². The van der Waals surface area contributed by atoms with Gasteiger partial charge in [-0.1, -0.05) is 54.6 Å². The zero-order valence-electron chi connectivity index (χ0n) is 16.2. The van der Waals surface area contributed by atoms with E-state index < -0.39 is 0 Å². The molecule has 0 amide bonds. The quantitative estimate of drug-likeness (QED) is 0.265. The van der Waals surface area contributed by atoms with E-state index in [0.717, 1.165) is 18.5 Å². The Hall–Kier alpha value is -3.39. The molecule has 2 heteroatoms. The van der Waals surface area contributed by atoms with Crippen molar-refractivity contribution in [3.8, 4) is 0 Å². The highest BCUT2D eigenvalue weighted by molar-refractivity contribution is 6.09. The zero-order valence-corrected chi connectivity index (χ0v) is 16.2. The topological polar surface area (TPSA) is 38.9 Å². The molecule has 0 bridgehead atoms. The maximum atomic E-state index is 6.00. The highest BCUT2D eigenvalue weighted by Crippen LogP contribution is 2.42. The number of hydrogen-bond donors (Lipinski definition) is 1. The second-order valence-electron chi connectivity index (χ2n) is 8.14. The van der Waals surface area contributed by atoms with Crippen LogP contribution in [0.25, 0.3) is 32.3 Å². The molecule has 0 saturated carbocycles. The number of pyridine rings is 1. The summed E-state index contributed by atoms with van der Waals surface area (Å²) < 4.78 is 0. The van der Waals surface area contributed by atoms with Crippen LogP contribution in [0.15, 0.2) is 79.0 Å². The number of fused-ring (bicyclic) bond motifs is 6. The van der Waals surface area contributed by atoms with E-state index in [1.165, 1.54) is 55.6 Å². The van der Waals surface area contributed by atoms with Gasteiger partial charge >= 0.3 is 0 Å². The number of hydrogen-bond acceptors (Lipinski definition) is 2. The third-order valence-electron chi connectivity index (χ3n) is 6.52. The number of anilines is 1. The predicted molar refractivity (Wildman–Crippen MR) is 122 cm³/mol. The summed E-state index contributed by atoms with van der Waals surface area (Å²) >= 11 is 0. The van der Waals surface area contributed by atoms with Crippen molar-refractivity contribution < 1.29 is 0 Å². The summed E-state index contributed by atoms with van der Waals surface area (Å²) in [6, 6.07) is 26.1. The average molecular weight is 374 g/mol. The first-order valence-corrected chi connectivity index (χ1v) is 10.4. The third-order valence-corrected chi connectivity index (χ3v) is 6.52. The third kappa shape index (κ3) is 2.52. The van der Waals surface area contributed by atoms with Gasteiger partial charge in [0.15, 0.2) is 0 Å². The van der Waals surface area contributed by atoms with Crippen molar-refractivity contribution in [2.24, 2.45) is 0 Å². The molecule has 1 atom stereocenters. The van der Waals surface area contributed by atoms with Gasteiger partial charge in [-0.2, -0.15) is 0 Å². The van der Waals surface area contributed by atoms with Crippen LogP contribution in [0.5, 0.6) is 0 Å². The normalized spacial score (nSPS) is 16.3. The molecule has 0 aliphatic heterocycles. The minimum atomic E-state index is 0.358. The molecule has 0 spiro atoms. The van der Waals surface area contributed by atoms with Crippen molar-refractivity contribution in [1.29, 1.82) is 0 Å². The van der Waals surface area contributed by atoms with Crippen LogP contribution >= 0.6 is 0 Å². The number of nitrogens with two attached hydrogens (primary N) is 1. The maximum absolute atomic E-state index is 6.00. The Morgan fingerprint density at radius 3 is 2.59 bits per heavy atom. The monoisotopic (exact) mass is 374 g/mol. The zero-order chi connectivity index (χ0) is 19.4. The molecule has 4 aromatic carbocycles. The molecule has 0 saturated heterocycles. The lowest BCUT2D eigenvalue weighted by molar-refractivity contribution is 0.611. The summed E-state index contributed by atoms with van der Waals surface area (Å²) in [5.41, 5.74) is 11.0. The van der Waals surface area contributed by atoms with E-state index in [1.54, 1.807) is 0 Å². The van der Waals surface area contributed by atoms with Crippen LogP contribution in [-0.2, 0) is 6.42 Å². The van der Waals surface area contributed by atoms with Crippen LogP contribution in [-0.4, -0.2) is 4.98 Å². The van der Waals surface area contributed by atoms with Gasteiger partial charge in [0.2, 0.25) is 0 Å². The van der Waals surface area contributed by atoms with Crippen molar-refractivity contribution in [2.45, 2.75) is 25.2 Å². The Bertz CT molecular complexity index is 1400. The van der Waals surface area contributed by atoms with Crippen LogP contribution in [0, 0.1) is 0 Å². The van der Waals surface area contributed by atoms with E-state index >= 15 is 0 Å². The smallest absolute Gasteiger partial charge is 0.0556 e. The largest absolute Gasteiger partial charge is 0.399 e. The average Bonchev–Trinajstić information content (AvgIpc) is 2.77. The number of nitrogens with zero attached hydrogens (tertiary/aromatic N) is 1. The standard InChI is InChI=1S/C27H22N2/c28-19-9-11-20-18(16-19)8-10-24-22-6-3-7-26(25(22)13-12-23(20)24)27-21-5-2-1-4-17(21)14-15-29-27/h1-2,4-5,8-16,26H,3,6-7,28H2. The van der Waals surface area contributed by atoms with Gasteiger partial charge in [-0.25, -0.2) is 0 Å². The molecule has 6 rings (SSSR count). The van der Waals surface area contributed by atoms with Crippen LogP contribution in [0.2, 0.25) is 0 Å². The van der Waals surface area contributed by atoms with E-state index in [1.807, 2.05) is 12.3 Å². The Morgan fingerprint density at radius 2 is 1.62 bits per heavy atom. The van der Waals surface area contributed by atoms with Gasteiger partial charge in [-0.3, -0.25) is 4.98 Å². The summed E-state index contributed by atoms with van der Waals surface area (Å²) in [4.78, 5) is 4.86. The molecule has 1 aliphatic carbocycles. The fourth-order valence-electron chi connectivity index (χ4n) is 5.19. The first-order valence-electron chi connectivity index (χ1n) is 10.4. The van der Waals surface area contributed by atoms with Crippen molar-refractivity contribution in [3.05, 3.63) is 95.8 Å². The minimum absolute atomic E-state index is 0.358. The SMILES string of the molecule is Nc1ccc2c(ccc3c4c(ccc32)C(c2nccc3ccccc23)CCC4)c1. The van der Waals surface area contributed by atoms with Crippen molar-refractivity contribution in [2.75, 3.05) is 5.73 Å². The molecule has 140 valence electrons. The number of benzene rings is 4. The van der Waals surface area contributed by atoms with Crippen molar-refractivity contribution in [3.63, 3.8) is 0 Å². The fourth-order valence-corrected chi connectivity index (χ4v) is 5.19. The first-order chi connectivity index (χ1) is 14.3. The summed E-state index contributed by atoms with van der Waals surface area (Å²) in [7, 11) is 0. The Morgan fingerprint density at radius 1 is 0.759 bits per heavy atom. The van der Waals surface area contributed by atoms with E-state index in [2.05, 4.69) is 66.7 Å². The highest BCUT2D eigenvalue weighted by atomic mass is 14.7. The summed E-state index contributed by atoms with van der Waals surface area (Å²) in [6.45, 7) is 0. The van der Waals surface area contributed by atoms with Crippen LogP contribution in [0.4, 0.5) is 5.69 Å². The second kappa shape index (κ2) is 6.31. The summed E-state index contributed by atoms with van der Waals surface area (Å²) in [5.74, 6) is 0.358. The number of nitrogen functional groups attached to an aromatic ring is 1. The van der Waals surface area contributed by atoms with E-state index in [0.29, 0.717) is 5.92 Å². The van der Waals surface area contributed by atoms with Crippen molar-refractivity contribution in [1.82, 2.24) is 4.98 Å². The molecule has 1 unspecified atom stereocenters. The number of rotatable bonds is 1. The molecular formula is C27H22N2. The molecule has 29 heavy (non-hydrogen) atoms. The van der Waals surface area contributed by atoms with E-state index in [-0.39, 0.29) is 0 Å². The molecule has 2 N–H and O–H groups in total. The van der Waals surface area contributed by atoms with Gasteiger partial charge in [0.25, 0.3) is 0 Å². The number of aromatic nitrogens is 1. The molecule has 5 aromatic rings. The molecule has 1 heterocycles. The maximum Gasteiger partial charge on any atom is 0.0556 e. The Labute approximate surface area is 170 Å². The first kappa shape index (κ1) is 16.6. The molecule has 2 nitrogen and oxygen atoms in total.